The zero-order valence-corrected chi connectivity index (χ0v) is 46.7. The molecule has 0 N–H and O–H groups in total. The van der Waals surface area contributed by atoms with Gasteiger partial charge >= 0.3 is 17.9 Å². The van der Waals surface area contributed by atoms with Crippen molar-refractivity contribution in [2.24, 2.45) is 0 Å². The molecule has 0 unspecified atom stereocenters. The van der Waals surface area contributed by atoms with Gasteiger partial charge in [0.25, 0.3) is 0 Å². The molecule has 414 valence electrons. The molecule has 0 spiro atoms. The van der Waals surface area contributed by atoms with Crippen molar-refractivity contribution >= 4 is 17.9 Å². The van der Waals surface area contributed by atoms with Crippen molar-refractivity contribution in [3.63, 3.8) is 0 Å². The zero-order valence-electron chi connectivity index (χ0n) is 46.7. The summed E-state index contributed by atoms with van der Waals surface area (Å²) in [6.07, 6.45) is 4.33. The van der Waals surface area contributed by atoms with E-state index < -0.39 is 17.9 Å². The molecule has 9 heteroatoms. The summed E-state index contributed by atoms with van der Waals surface area (Å²) in [5.74, 6) is -2.43. The second kappa shape index (κ2) is 24.9. The molecule has 0 fully saturated rings. The van der Waals surface area contributed by atoms with Crippen LogP contribution in [0.25, 0.3) is 101 Å². The lowest BCUT2D eigenvalue weighted by atomic mass is 9.97. The summed E-state index contributed by atoms with van der Waals surface area (Å²) >= 11 is 0. The molecule has 0 aliphatic rings. The van der Waals surface area contributed by atoms with E-state index >= 15 is 0 Å². The van der Waals surface area contributed by atoms with Crippen molar-refractivity contribution in [2.75, 3.05) is 0 Å². The van der Waals surface area contributed by atoms with Gasteiger partial charge in [-0.1, -0.05) is 200 Å². The molecule has 0 saturated heterocycles. The van der Waals surface area contributed by atoms with E-state index in [1.807, 2.05) is 109 Å². The molecular formula is C78H51N3O6. The minimum atomic E-state index is -0.748. The summed E-state index contributed by atoms with van der Waals surface area (Å²) in [5.41, 5.74) is 17.9. The van der Waals surface area contributed by atoms with Crippen molar-refractivity contribution in [3.05, 3.63) is 326 Å². The Balaban J connectivity index is 0.736. The number of hydrogen-bond acceptors (Lipinski definition) is 9. The second-order valence-electron chi connectivity index (χ2n) is 20.7. The van der Waals surface area contributed by atoms with Crippen LogP contribution < -0.4 is 14.2 Å². The van der Waals surface area contributed by atoms with Gasteiger partial charge in [-0.05, 0) is 140 Å². The predicted octanol–water partition coefficient (Wildman–Crippen LogP) is 18.5. The number of benzene rings is 10. The fraction of sp³-hybridized carbons (Fsp3) is 0. The van der Waals surface area contributed by atoms with Gasteiger partial charge in [-0.25, -0.2) is 14.4 Å². The molecule has 3 heterocycles. The van der Waals surface area contributed by atoms with Gasteiger partial charge in [-0.15, -0.1) is 0 Å². The third-order valence-corrected chi connectivity index (χ3v) is 14.9. The number of aromatic nitrogens is 3. The smallest absolute Gasteiger partial charge is 0.345 e. The average Bonchev–Trinajstić information content (AvgIpc) is 3.31. The Labute approximate surface area is 503 Å². The number of esters is 3. The van der Waals surface area contributed by atoms with Crippen LogP contribution in [0.4, 0.5) is 0 Å². The average molecular weight is 1130 g/mol. The van der Waals surface area contributed by atoms with Crippen LogP contribution in [0.5, 0.6) is 17.2 Å². The Morgan fingerprint density at radius 2 is 0.414 bits per heavy atom. The van der Waals surface area contributed by atoms with Gasteiger partial charge in [-0.3, -0.25) is 15.0 Å². The highest BCUT2D eigenvalue weighted by atomic mass is 16.6. The van der Waals surface area contributed by atoms with Crippen molar-refractivity contribution in [3.8, 4) is 118 Å². The van der Waals surface area contributed by atoms with Crippen LogP contribution in [-0.2, 0) is 0 Å². The second-order valence-corrected chi connectivity index (χ2v) is 20.7. The van der Waals surface area contributed by atoms with Crippen LogP contribution in [0, 0.1) is 0 Å². The molecule has 0 saturated carbocycles. The number of carbonyl (C=O) groups is 3. The number of carbonyl (C=O) groups excluding carboxylic acids is 3. The molecule has 13 aromatic rings. The fourth-order valence-corrected chi connectivity index (χ4v) is 10.4. The Bertz CT molecular complexity index is 4150. The van der Waals surface area contributed by atoms with Gasteiger partial charge in [0, 0.05) is 53.5 Å². The van der Waals surface area contributed by atoms with Crippen LogP contribution in [0.1, 0.15) is 31.1 Å². The largest absolute Gasteiger partial charge is 0.423 e. The molecule has 0 amide bonds. The van der Waals surface area contributed by atoms with E-state index in [0.717, 1.165) is 83.5 Å². The number of rotatable bonds is 15. The maximum Gasteiger partial charge on any atom is 0.345 e. The van der Waals surface area contributed by atoms with E-state index in [0.29, 0.717) is 17.1 Å². The first-order valence-corrected chi connectivity index (χ1v) is 28.3. The fourth-order valence-electron chi connectivity index (χ4n) is 10.4. The van der Waals surface area contributed by atoms with Crippen LogP contribution in [0.2, 0.25) is 0 Å². The molecule has 0 aliphatic carbocycles. The molecule has 0 atom stereocenters. The van der Waals surface area contributed by atoms with Gasteiger partial charge < -0.3 is 14.2 Å². The lowest BCUT2D eigenvalue weighted by molar-refractivity contribution is 0.0730. The number of nitrogens with zero attached hydrogens (tertiary/aromatic N) is 3. The van der Waals surface area contributed by atoms with Crippen molar-refractivity contribution < 1.29 is 28.6 Å². The maximum atomic E-state index is 13.9. The van der Waals surface area contributed by atoms with Gasteiger partial charge in [-0.2, -0.15) is 0 Å². The minimum absolute atomic E-state index is 0.0621. The van der Waals surface area contributed by atoms with Gasteiger partial charge in [0.15, 0.2) is 0 Å². The van der Waals surface area contributed by atoms with Crippen molar-refractivity contribution in [1.82, 2.24) is 15.0 Å². The van der Waals surface area contributed by atoms with E-state index in [1.54, 1.807) is 36.4 Å². The third-order valence-electron chi connectivity index (χ3n) is 14.9. The maximum absolute atomic E-state index is 13.9. The summed E-state index contributed by atoms with van der Waals surface area (Å²) < 4.78 is 17.7. The molecule has 0 radical (unpaired) electrons. The topological polar surface area (TPSA) is 118 Å². The summed E-state index contributed by atoms with van der Waals surface area (Å²) in [6, 6.07) is 94.3. The van der Waals surface area contributed by atoms with Crippen molar-refractivity contribution in [2.45, 2.75) is 0 Å². The van der Waals surface area contributed by atoms with Gasteiger partial charge in [0.2, 0.25) is 0 Å². The Hall–Kier alpha value is -11.9. The molecule has 10 aromatic carbocycles. The SMILES string of the molecule is O=C(Oc1cc(OC(=O)c2ccc(-c3cccc(-c4cccc(-c5ccccc5)c4)c3)nc2)cc(OC(=O)c2ccc(-c3cccc(-c4cccc(-c5ccccc5)c4)c3)nc2)c1)c1ccc(-c2cccc(-c3cccc(-c4ccccc4)c3)c2)nc1. The summed E-state index contributed by atoms with van der Waals surface area (Å²) in [5, 5.41) is 0. The quantitative estimate of drug-likeness (QED) is 0.0730. The zero-order chi connectivity index (χ0) is 58.9. The van der Waals surface area contributed by atoms with E-state index in [-0.39, 0.29) is 33.9 Å². The molecule has 9 nitrogen and oxygen atoms in total. The third kappa shape index (κ3) is 12.7. The molecule has 0 bridgehead atoms. The van der Waals surface area contributed by atoms with Crippen molar-refractivity contribution in [1.29, 1.82) is 0 Å². The normalized spacial score (nSPS) is 10.9. The van der Waals surface area contributed by atoms with Crippen LogP contribution in [0.3, 0.4) is 0 Å². The Morgan fingerprint density at radius 3 is 0.644 bits per heavy atom. The lowest BCUT2D eigenvalue weighted by Gasteiger charge is -2.12. The van der Waals surface area contributed by atoms with E-state index in [4.69, 9.17) is 14.2 Å². The minimum Gasteiger partial charge on any atom is -0.423 e. The number of ether oxygens (including phenoxy) is 3. The molecule has 3 aromatic heterocycles. The molecule has 13 rings (SSSR count). The lowest BCUT2D eigenvalue weighted by Crippen LogP contribution is -2.13. The Kier molecular flexibility index (Phi) is 15.5. The van der Waals surface area contributed by atoms with E-state index in [9.17, 15) is 14.4 Å². The summed E-state index contributed by atoms with van der Waals surface area (Å²) in [7, 11) is 0. The van der Waals surface area contributed by atoms with Gasteiger partial charge in [0.1, 0.15) is 17.2 Å². The van der Waals surface area contributed by atoms with E-state index in [2.05, 4.69) is 142 Å². The molecule has 87 heavy (non-hydrogen) atoms. The van der Waals surface area contributed by atoms with Crippen LogP contribution in [-0.4, -0.2) is 32.9 Å². The first kappa shape index (κ1) is 54.3. The highest BCUT2D eigenvalue weighted by Crippen LogP contribution is 2.35. The van der Waals surface area contributed by atoms with Gasteiger partial charge in [0.05, 0.1) is 33.8 Å². The summed E-state index contributed by atoms with van der Waals surface area (Å²) in [4.78, 5) is 55.7. The van der Waals surface area contributed by atoms with Crippen LogP contribution in [0.15, 0.2) is 310 Å². The Morgan fingerprint density at radius 1 is 0.207 bits per heavy atom. The molecular weight excluding hydrogens is 1070 g/mol. The summed E-state index contributed by atoms with van der Waals surface area (Å²) in [6.45, 7) is 0. The van der Waals surface area contributed by atoms with Crippen LogP contribution >= 0.6 is 0 Å². The molecule has 0 aliphatic heterocycles. The predicted molar refractivity (Wildman–Crippen MR) is 343 cm³/mol. The van der Waals surface area contributed by atoms with E-state index in [1.165, 1.54) is 36.8 Å². The standard InChI is InChI=1S/C78H51N3O6/c82-76(67-34-37-73(79-49-67)64-31-13-28-61(43-64)58-25-10-22-55(40-58)52-16-4-1-5-17-52)85-70-46-71(86-77(83)68-35-38-74(80-50-68)65-32-14-29-62(44-65)59-26-11-23-56(41-59)53-18-6-2-7-19-53)48-72(47-70)87-78(84)69-36-39-75(81-51-69)66-33-15-30-63(45-66)60-27-12-24-57(42-60)54-20-8-3-9-21-54/h1-51H. The highest BCUT2D eigenvalue weighted by Gasteiger charge is 2.19. The highest BCUT2D eigenvalue weighted by molar-refractivity contribution is 5.94. The monoisotopic (exact) mass is 1130 g/mol. The first-order chi connectivity index (χ1) is 42.8. The number of pyridine rings is 3. The first-order valence-electron chi connectivity index (χ1n) is 28.3. The number of hydrogen-bond donors (Lipinski definition) is 0.